The van der Waals surface area contributed by atoms with Gasteiger partial charge in [0.05, 0.1) is 5.75 Å². The summed E-state index contributed by atoms with van der Waals surface area (Å²) >= 11 is 1.72. The molecule has 0 fully saturated rings. The van der Waals surface area contributed by atoms with Crippen molar-refractivity contribution in [3.8, 4) is 0 Å². The molecule has 5 heteroatoms. The summed E-state index contributed by atoms with van der Waals surface area (Å²) in [4.78, 5) is 5.65. The summed E-state index contributed by atoms with van der Waals surface area (Å²) in [5, 5.41) is 7.40. The third-order valence-corrected chi connectivity index (χ3v) is 3.97. The molecule has 0 saturated carbocycles. The number of rotatable bonds is 8. The van der Waals surface area contributed by atoms with Gasteiger partial charge in [-0.15, -0.1) is 11.8 Å². The molecule has 0 aliphatic rings. The lowest BCUT2D eigenvalue weighted by atomic mass is 10.2. The fourth-order valence-corrected chi connectivity index (χ4v) is 2.67. The maximum atomic E-state index is 5.28. The Balaban J connectivity index is 1.77. The third-order valence-electron chi connectivity index (χ3n) is 2.97. The SMILES string of the molecule is CCNC(C)CCc1nc(CSc2ccccc2)no1. The van der Waals surface area contributed by atoms with E-state index in [1.165, 1.54) is 4.90 Å². The minimum Gasteiger partial charge on any atom is -0.339 e. The normalized spacial score (nSPS) is 12.5. The van der Waals surface area contributed by atoms with Gasteiger partial charge in [-0.3, -0.25) is 0 Å². The van der Waals surface area contributed by atoms with Gasteiger partial charge >= 0.3 is 0 Å². The molecule has 4 nitrogen and oxygen atoms in total. The number of hydrogen-bond donors (Lipinski definition) is 1. The van der Waals surface area contributed by atoms with E-state index in [0.717, 1.165) is 36.9 Å². The number of hydrogen-bond acceptors (Lipinski definition) is 5. The Labute approximate surface area is 124 Å². The van der Waals surface area contributed by atoms with Crippen molar-refractivity contribution in [1.29, 1.82) is 0 Å². The maximum absolute atomic E-state index is 5.28. The first-order valence-electron chi connectivity index (χ1n) is 7.00. The molecule has 108 valence electrons. The quantitative estimate of drug-likeness (QED) is 0.756. The van der Waals surface area contributed by atoms with Crippen LogP contribution in [0.1, 0.15) is 32.0 Å². The molecule has 0 saturated heterocycles. The molecule has 0 amide bonds. The van der Waals surface area contributed by atoms with Crippen molar-refractivity contribution >= 4 is 11.8 Å². The van der Waals surface area contributed by atoms with Crippen LogP contribution in [0.4, 0.5) is 0 Å². The highest BCUT2D eigenvalue weighted by Crippen LogP contribution is 2.20. The first-order chi connectivity index (χ1) is 9.78. The molecule has 2 aromatic rings. The Bertz CT molecular complexity index is 501. The monoisotopic (exact) mass is 291 g/mol. The molecule has 2 rings (SSSR count). The van der Waals surface area contributed by atoms with E-state index in [1.807, 2.05) is 18.2 Å². The molecular weight excluding hydrogens is 270 g/mol. The summed E-state index contributed by atoms with van der Waals surface area (Å²) in [7, 11) is 0. The molecule has 1 atom stereocenters. The Morgan fingerprint density at radius 2 is 2.10 bits per heavy atom. The second kappa shape index (κ2) is 8.07. The fraction of sp³-hybridized carbons (Fsp3) is 0.467. The van der Waals surface area contributed by atoms with Crippen molar-refractivity contribution in [2.45, 2.75) is 43.4 Å². The van der Waals surface area contributed by atoms with Crippen LogP contribution in [0.15, 0.2) is 39.8 Å². The lowest BCUT2D eigenvalue weighted by molar-refractivity contribution is 0.364. The van der Waals surface area contributed by atoms with Crippen molar-refractivity contribution in [1.82, 2.24) is 15.5 Å². The third kappa shape index (κ3) is 4.98. The molecule has 0 aliphatic heterocycles. The van der Waals surface area contributed by atoms with E-state index in [2.05, 4.69) is 41.4 Å². The van der Waals surface area contributed by atoms with Crippen LogP contribution in [0.5, 0.6) is 0 Å². The molecule has 0 aliphatic carbocycles. The van der Waals surface area contributed by atoms with Gasteiger partial charge in [0.1, 0.15) is 0 Å². The molecule has 1 aromatic heterocycles. The van der Waals surface area contributed by atoms with Gasteiger partial charge in [0.15, 0.2) is 5.82 Å². The number of aromatic nitrogens is 2. The van der Waals surface area contributed by atoms with E-state index in [4.69, 9.17) is 4.52 Å². The van der Waals surface area contributed by atoms with Gasteiger partial charge in [0.2, 0.25) is 5.89 Å². The van der Waals surface area contributed by atoms with Crippen LogP contribution in [-0.2, 0) is 12.2 Å². The van der Waals surface area contributed by atoms with Crippen molar-refractivity contribution < 1.29 is 4.52 Å². The maximum Gasteiger partial charge on any atom is 0.226 e. The van der Waals surface area contributed by atoms with Gasteiger partial charge in [-0.05, 0) is 32.0 Å². The van der Waals surface area contributed by atoms with Gasteiger partial charge in [-0.2, -0.15) is 4.98 Å². The molecular formula is C15H21N3OS. The van der Waals surface area contributed by atoms with Crippen molar-refractivity contribution in [2.75, 3.05) is 6.54 Å². The van der Waals surface area contributed by atoms with Crippen LogP contribution in [0.2, 0.25) is 0 Å². The highest BCUT2D eigenvalue weighted by molar-refractivity contribution is 7.98. The molecule has 1 N–H and O–H groups in total. The van der Waals surface area contributed by atoms with Crippen molar-refractivity contribution in [3.05, 3.63) is 42.0 Å². The molecule has 20 heavy (non-hydrogen) atoms. The highest BCUT2D eigenvalue weighted by Gasteiger charge is 2.08. The molecule has 0 spiro atoms. The molecule has 1 heterocycles. The zero-order valence-electron chi connectivity index (χ0n) is 12.0. The van der Waals surface area contributed by atoms with Crippen LogP contribution >= 0.6 is 11.8 Å². The van der Waals surface area contributed by atoms with E-state index in [1.54, 1.807) is 11.8 Å². The predicted molar refractivity (Wildman–Crippen MR) is 81.8 cm³/mol. The number of nitrogens with zero attached hydrogens (tertiary/aromatic N) is 2. The summed E-state index contributed by atoms with van der Waals surface area (Å²) in [5.74, 6) is 2.25. The van der Waals surface area contributed by atoms with Crippen LogP contribution in [-0.4, -0.2) is 22.7 Å². The highest BCUT2D eigenvalue weighted by atomic mass is 32.2. The van der Waals surface area contributed by atoms with Crippen LogP contribution in [0.3, 0.4) is 0 Å². The van der Waals surface area contributed by atoms with E-state index in [9.17, 15) is 0 Å². The average molecular weight is 291 g/mol. The predicted octanol–water partition coefficient (Wildman–Crippen LogP) is 3.29. The Morgan fingerprint density at radius 3 is 2.85 bits per heavy atom. The minimum atomic E-state index is 0.481. The van der Waals surface area contributed by atoms with E-state index >= 15 is 0 Å². The van der Waals surface area contributed by atoms with Gasteiger partial charge in [0, 0.05) is 17.4 Å². The van der Waals surface area contributed by atoms with Gasteiger partial charge in [-0.1, -0.05) is 30.3 Å². The second-order valence-corrected chi connectivity index (χ2v) is 5.75. The topological polar surface area (TPSA) is 51.0 Å². The summed E-state index contributed by atoms with van der Waals surface area (Å²) in [5.41, 5.74) is 0. The molecule has 0 radical (unpaired) electrons. The number of aryl methyl sites for hydroxylation is 1. The zero-order valence-corrected chi connectivity index (χ0v) is 12.8. The van der Waals surface area contributed by atoms with Crippen LogP contribution in [0, 0.1) is 0 Å². The van der Waals surface area contributed by atoms with E-state index in [0.29, 0.717) is 6.04 Å². The minimum absolute atomic E-state index is 0.481. The van der Waals surface area contributed by atoms with Crippen LogP contribution in [0.25, 0.3) is 0 Å². The molecule has 0 bridgehead atoms. The first-order valence-corrected chi connectivity index (χ1v) is 7.99. The summed E-state index contributed by atoms with van der Waals surface area (Å²) in [6.07, 6.45) is 1.85. The van der Waals surface area contributed by atoms with Gasteiger partial charge < -0.3 is 9.84 Å². The van der Waals surface area contributed by atoms with Gasteiger partial charge in [-0.25, -0.2) is 0 Å². The molecule has 1 aromatic carbocycles. The van der Waals surface area contributed by atoms with E-state index in [-0.39, 0.29) is 0 Å². The lowest BCUT2D eigenvalue weighted by Gasteiger charge is -2.09. The van der Waals surface area contributed by atoms with Gasteiger partial charge in [0.25, 0.3) is 0 Å². The number of nitrogens with one attached hydrogen (secondary N) is 1. The van der Waals surface area contributed by atoms with Crippen LogP contribution < -0.4 is 5.32 Å². The average Bonchev–Trinajstić information content (AvgIpc) is 2.92. The Kier molecular flexibility index (Phi) is 6.08. The molecule has 1 unspecified atom stereocenters. The van der Waals surface area contributed by atoms with E-state index < -0.39 is 0 Å². The Hall–Kier alpha value is -1.33. The number of benzene rings is 1. The lowest BCUT2D eigenvalue weighted by Crippen LogP contribution is -2.25. The van der Waals surface area contributed by atoms with Crippen molar-refractivity contribution in [2.24, 2.45) is 0 Å². The smallest absolute Gasteiger partial charge is 0.226 e. The summed E-state index contributed by atoms with van der Waals surface area (Å²) in [6.45, 7) is 5.28. The first kappa shape index (κ1) is 15.1. The Morgan fingerprint density at radius 1 is 1.30 bits per heavy atom. The van der Waals surface area contributed by atoms with Crippen molar-refractivity contribution in [3.63, 3.8) is 0 Å². The second-order valence-electron chi connectivity index (χ2n) is 4.70. The summed E-state index contributed by atoms with van der Waals surface area (Å²) < 4.78 is 5.28. The fourth-order valence-electron chi connectivity index (χ4n) is 1.91. The summed E-state index contributed by atoms with van der Waals surface area (Å²) in [6, 6.07) is 10.7. The standard InChI is InChI=1S/C15H21N3OS/c1-3-16-12(2)9-10-15-17-14(18-19-15)11-20-13-7-5-4-6-8-13/h4-8,12,16H,3,9-11H2,1-2H3. The number of thioether (sulfide) groups is 1. The largest absolute Gasteiger partial charge is 0.339 e. The zero-order chi connectivity index (χ0) is 14.2.